The number of aromatic amines is 1. The summed E-state index contributed by atoms with van der Waals surface area (Å²) in [5.74, 6) is 1.10. The van der Waals surface area contributed by atoms with E-state index in [9.17, 15) is 4.79 Å². The smallest absolute Gasteiger partial charge is 0.274 e. The van der Waals surface area contributed by atoms with E-state index in [0.717, 1.165) is 24.2 Å². The first-order valence-corrected chi connectivity index (χ1v) is 7.03. The molecule has 0 bridgehead atoms. The molecule has 0 saturated carbocycles. The first-order chi connectivity index (χ1) is 10.3. The summed E-state index contributed by atoms with van der Waals surface area (Å²) in [4.78, 5) is 20.8. The maximum absolute atomic E-state index is 12.0. The SMILES string of the molecule is CCCc1cc(=O)n2[nH]c(CNc3ccccc3)nc2n1. The molecule has 108 valence electrons. The highest BCUT2D eigenvalue weighted by Gasteiger charge is 2.07. The van der Waals surface area contributed by atoms with Gasteiger partial charge in [0.1, 0.15) is 5.82 Å². The van der Waals surface area contributed by atoms with Crippen molar-refractivity contribution in [1.29, 1.82) is 0 Å². The van der Waals surface area contributed by atoms with E-state index in [1.165, 1.54) is 4.52 Å². The number of anilines is 1. The van der Waals surface area contributed by atoms with Crippen LogP contribution in [0.25, 0.3) is 5.78 Å². The number of hydrogen-bond acceptors (Lipinski definition) is 4. The largest absolute Gasteiger partial charge is 0.378 e. The van der Waals surface area contributed by atoms with Gasteiger partial charge in [-0.05, 0) is 18.6 Å². The van der Waals surface area contributed by atoms with Crippen LogP contribution in [0.5, 0.6) is 0 Å². The summed E-state index contributed by atoms with van der Waals surface area (Å²) < 4.78 is 1.38. The van der Waals surface area contributed by atoms with E-state index >= 15 is 0 Å². The van der Waals surface area contributed by atoms with Crippen LogP contribution in [0.15, 0.2) is 41.2 Å². The average molecular weight is 283 g/mol. The predicted octanol–water partition coefficient (Wildman–Crippen LogP) is 1.98. The Morgan fingerprint density at radius 1 is 1.24 bits per heavy atom. The summed E-state index contributed by atoms with van der Waals surface area (Å²) in [6.07, 6.45) is 1.74. The molecule has 3 aromatic rings. The fraction of sp³-hybridized carbons (Fsp3) is 0.267. The lowest BCUT2D eigenvalue weighted by molar-refractivity contribution is 0.825. The Bertz CT molecular complexity index is 791. The van der Waals surface area contributed by atoms with Crippen molar-refractivity contribution >= 4 is 11.5 Å². The van der Waals surface area contributed by atoms with Gasteiger partial charge in [0.05, 0.1) is 12.2 Å². The standard InChI is InChI=1S/C15H17N5O/c1-2-6-12-9-14(21)20-15(17-12)18-13(19-20)10-16-11-7-4-3-5-8-11/h3-5,7-9,16H,2,6,10H2,1H3,(H,17,18,19). The molecule has 2 N–H and O–H groups in total. The molecule has 0 aliphatic carbocycles. The first kappa shape index (κ1) is 13.4. The molecule has 0 spiro atoms. The number of nitrogens with zero attached hydrogens (tertiary/aromatic N) is 3. The van der Waals surface area contributed by atoms with E-state index in [1.807, 2.05) is 30.3 Å². The van der Waals surface area contributed by atoms with Crippen molar-refractivity contribution in [2.45, 2.75) is 26.3 Å². The lowest BCUT2D eigenvalue weighted by atomic mass is 10.2. The van der Waals surface area contributed by atoms with Crippen LogP contribution in [-0.4, -0.2) is 19.6 Å². The molecular weight excluding hydrogens is 266 g/mol. The summed E-state index contributed by atoms with van der Waals surface area (Å²) in [6, 6.07) is 11.4. The first-order valence-electron chi connectivity index (χ1n) is 7.03. The maximum atomic E-state index is 12.0. The molecule has 2 heterocycles. The molecule has 0 saturated heterocycles. The van der Waals surface area contributed by atoms with Crippen LogP contribution in [0, 0.1) is 0 Å². The monoisotopic (exact) mass is 283 g/mol. The number of aryl methyl sites for hydroxylation is 1. The molecule has 0 radical (unpaired) electrons. The highest BCUT2D eigenvalue weighted by molar-refractivity contribution is 5.42. The molecule has 0 amide bonds. The van der Waals surface area contributed by atoms with Crippen molar-refractivity contribution in [1.82, 2.24) is 19.6 Å². The summed E-state index contributed by atoms with van der Waals surface area (Å²) in [6.45, 7) is 2.57. The molecule has 2 aromatic heterocycles. The van der Waals surface area contributed by atoms with Gasteiger partial charge in [0, 0.05) is 11.8 Å². The number of aromatic nitrogens is 4. The lowest BCUT2D eigenvalue weighted by Crippen LogP contribution is -2.15. The molecule has 3 rings (SSSR count). The number of nitrogens with one attached hydrogen (secondary N) is 2. The second-order valence-electron chi connectivity index (χ2n) is 4.86. The Morgan fingerprint density at radius 2 is 2.05 bits per heavy atom. The van der Waals surface area contributed by atoms with E-state index in [1.54, 1.807) is 6.07 Å². The highest BCUT2D eigenvalue weighted by Crippen LogP contribution is 2.07. The molecule has 0 aliphatic rings. The molecule has 0 unspecified atom stereocenters. The number of para-hydroxylation sites is 1. The Balaban J connectivity index is 1.84. The van der Waals surface area contributed by atoms with E-state index < -0.39 is 0 Å². The lowest BCUT2D eigenvalue weighted by Gasteiger charge is -2.02. The second-order valence-corrected chi connectivity index (χ2v) is 4.86. The quantitative estimate of drug-likeness (QED) is 0.751. The van der Waals surface area contributed by atoms with Crippen LogP contribution in [0.2, 0.25) is 0 Å². The molecule has 0 aliphatic heterocycles. The van der Waals surface area contributed by atoms with Gasteiger partial charge >= 0.3 is 0 Å². The van der Waals surface area contributed by atoms with Gasteiger partial charge in [0.2, 0.25) is 0 Å². The second kappa shape index (κ2) is 5.78. The summed E-state index contributed by atoms with van der Waals surface area (Å²) in [7, 11) is 0. The van der Waals surface area contributed by atoms with Crippen molar-refractivity contribution in [3.8, 4) is 0 Å². The average Bonchev–Trinajstić information content (AvgIpc) is 2.90. The van der Waals surface area contributed by atoms with Crippen LogP contribution in [-0.2, 0) is 13.0 Å². The Labute approximate surface area is 121 Å². The van der Waals surface area contributed by atoms with Crippen molar-refractivity contribution in [2.24, 2.45) is 0 Å². The summed E-state index contributed by atoms with van der Waals surface area (Å²) >= 11 is 0. The van der Waals surface area contributed by atoms with Crippen molar-refractivity contribution < 1.29 is 0 Å². The van der Waals surface area contributed by atoms with Gasteiger partial charge in [-0.3, -0.25) is 9.89 Å². The van der Waals surface area contributed by atoms with Gasteiger partial charge in [-0.15, -0.1) is 0 Å². The van der Waals surface area contributed by atoms with Gasteiger partial charge in [0.25, 0.3) is 11.3 Å². The highest BCUT2D eigenvalue weighted by atomic mass is 16.1. The zero-order valence-corrected chi connectivity index (χ0v) is 11.8. The molecule has 0 atom stereocenters. The predicted molar refractivity (Wildman–Crippen MR) is 81.4 cm³/mol. The zero-order chi connectivity index (χ0) is 14.7. The number of rotatable bonds is 5. The maximum Gasteiger partial charge on any atom is 0.274 e. The van der Waals surface area contributed by atoms with Crippen LogP contribution >= 0.6 is 0 Å². The number of benzene rings is 1. The van der Waals surface area contributed by atoms with E-state index in [0.29, 0.717) is 18.1 Å². The Morgan fingerprint density at radius 3 is 2.81 bits per heavy atom. The summed E-state index contributed by atoms with van der Waals surface area (Å²) in [5.41, 5.74) is 1.67. The fourth-order valence-electron chi connectivity index (χ4n) is 2.18. The molecule has 0 fully saturated rings. The van der Waals surface area contributed by atoms with Crippen LogP contribution in [0.3, 0.4) is 0 Å². The van der Waals surface area contributed by atoms with Crippen molar-refractivity contribution in [3.63, 3.8) is 0 Å². The molecule has 1 aromatic carbocycles. The molecule has 6 heteroatoms. The minimum Gasteiger partial charge on any atom is -0.378 e. The van der Waals surface area contributed by atoms with Gasteiger partial charge in [0.15, 0.2) is 0 Å². The third-order valence-electron chi connectivity index (χ3n) is 3.17. The van der Waals surface area contributed by atoms with E-state index in [-0.39, 0.29) is 5.56 Å². The minimum absolute atomic E-state index is 0.123. The van der Waals surface area contributed by atoms with Gasteiger partial charge < -0.3 is 5.32 Å². The van der Waals surface area contributed by atoms with Crippen LogP contribution < -0.4 is 10.9 Å². The molecule has 21 heavy (non-hydrogen) atoms. The van der Waals surface area contributed by atoms with Crippen LogP contribution in [0.1, 0.15) is 24.9 Å². The third-order valence-corrected chi connectivity index (χ3v) is 3.17. The number of H-pyrrole nitrogens is 1. The van der Waals surface area contributed by atoms with Gasteiger partial charge in [-0.2, -0.15) is 9.50 Å². The summed E-state index contributed by atoms with van der Waals surface area (Å²) in [5, 5.41) is 6.22. The van der Waals surface area contributed by atoms with E-state index in [2.05, 4.69) is 27.3 Å². The zero-order valence-electron chi connectivity index (χ0n) is 11.8. The molecule has 6 nitrogen and oxygen atoms in total. The fourth-order valence-corrected chi connectivity index (χ4v) is 2.18. The Kier molecular flexibility index (Phi) is 3.68. The van der Waals surface area contributed by atoms with Gasteiger partial charge in [-0.1, -0.05) is 31.5 Å². The number of hydrogen-bond donors (Lipinski definition) is 2. The van der Waals surface area contributed by atoms with Crippen molar-refractivity contribution in [2.75, 3.05) is 5.32 Å². The van der Waals surface area contributed by atoms with Gasteiger partial charge in [-0.25, -0.2) is 4.98 Å². The van der Waals surface area contributed by atoms with E-state index in [4.69, 9.17) is 0 Å². The minimum atomic E-state index is -0.123. The number of fused-ring (bicyclic) bond motifs is 1. The van der Waals surface area contributed by atoms with Crippen LogP contribution in [0.4, 0.5) is 5.69 Å². The topological polar surface area (TPSA) is 75.1 Å². The van der Waals surface area contributed by atoms with Crippen molar-refractivity contribution in [3.05, 3.63) is 58.3 Å². The normalized spacial score (nSPS) is 10.9. The third kappa shape index (κ3) is 2.94. The molecular formula is C15H17N5O. The Hall–Kier alpha value is -2.63.